The number of hydrogen-bond donors (Lipinski definition) is 1. The lowest BCUT2D eigenvalue weighted by Crippen LogP contribution is -2.41. The molecule has 1 fully saturated rings. The smallest absolute Gasteiger partial charge is 0.230 e. The second-order valence-electron chi connectivity index (χ2n) is 7.50. The summed E-state index contributed by atoms with van der Waals surface area (Å²) < 4.78 is 7.88. The molecule has 2 aromatic rings. The number of rotatable bonds is 6. The maximum atomic E-state index is 12.2. The van der Waals surface area contributed by atoms with Crippen LogP contribution in [0.25, 0.3) is 11.4 Å². The van der Waals surface area contributed by atoms with E-state index in [9.17, 15) is 4.79 Å². The quantitative estimate of drug-likeness (QED) is 0.787. The topological polar surface area (TPSA) is 69.0 Å². The molecular formula is C19H26N4O2S. The second-order valence-corrected chi connectivity index (χ2v) is 8.45. The molecule has 1 atom stereocenters. The molecule has 0 spiro atoms. The fourth-order valence-corrected chi connectivity index (χ4v) is 3.69. The molecule has 1 aliphatic rings. The Hall–Kier alpha value is -1.86. The molecule has 1 amide bonds. The first kappa shape index (κ1) is 18.9. The van der Waals surface area contributed by atoms with Gasteiger partial charge in [-0.2, -0.15) is 0 Å². The molecular weight excluding hydrogens is 348 g/mol. The normalized spacial score (nSPS) is 17.4. The van der Waals surface area contributed by atoms with Gasteiger partial charge in [0.05, 0.1) is 18.4 Å². The van der Waals surface area contributed by atoms with E-state index < -0.39 is 0 Å². The number of amides is 1. The summed E-state index contributed by atoms with van der Waals surface area (Å²) in [6.45, 7) is 7.44. The molecule has 6 nitrogen and oxygen atoms in total. The summed E-state index contributed by atoms with van der Waals surface area (Å²) in [6.07, 6.45) is 2.31. The summed E-state index contributed by atoms with van der Waals surface area (Å²) in [5.74, 6) is 1.13. The monoisotopic (exact) mass is 374 g/mol. The van der Waals surface area contributed by atoms with E-state index in [1.54, 1.807) is 0 Å². The van der Waals surface area contributed by atoms with Gasteiger partial charge in [-0.05, 0) is 33.6 Å². The Morgan fingerprint density at radius 3 is 2.73 bits per heavy atom. The molecule has 7 heteroatoms. The summed E-state index contributed by atoms with van der Waals surface area (Å²) >= 11 is 1.42. The van der Waals surface area contributed by atoms with Crippen LogP contribution in [0.1, 0.15) is 33.6 Å². The highest BCUT2D eigenvalue weighted by Gasteiger charge is 2.22. The largest absolute Gasteiger partial charge is 0.376 e. The van der Waals surface area contributed by atoms with Crippen LogP contribution in [-0.2, 0) is 16.1 Å². The summed E-state index contributed by atoms with van der Waals surface area (Å²) in [7, 11) is 0. The number of benzene rings is 1. The van der Waals surface area contributed by atoms with Gasteiger partial charge in [-0.3, -0.25) is 9.36 Å². The van der Waals surface area contributed by atoms with Crippen LogP contribution in [0.15, 0.2) is 35.5 Å². The molecule has 2 heterocycles. The number of nitrogens with one attached hydrogen (secondary N) is 1. The number of thioether (sulfide) groups is 1. The van der Waals surface area contributed by atoms with Crippen molar-refractivity contribution in [3.05, 3.63) is 30.3 Å². The van der Waals surface area contributed by atoms with Crippen LogP contribution in [0.2, 0.25) is 0 Å². The number of carbonyl (C=O) groups is 1. The van der Waals surface area contributed by atoms with E-state index in [2.05, 4.69) is 20.1 Å². The van der Waals surface area contributed by atoms with E-state index in [0.29, 0.717) is 12.3 Å². The average molecular weight is 375 g/mol. The van der Waals surface area contributed by atoms with Crippen LogP contribution < -0.4 is 5.32 Å². The Morgan fingerprint density at radius 1 is 1.31 bits per heavy atom. The molecule has 0 saturated carbocycles. The van der Waals surface area contributed by atoms with Gasteiger partial charge in [-0.25, -0.2) is 0 Å². The van der Waals surface area contributed by atoms with Gasteiger partial charge in [0, 0.05) is 17.7 Å². The van der Waals surface area contributed by atoms with Gasteiger partial charge in [-0.15, -0.1) is 10.2 Å². The Labute approximate surface area is 158 Å². The molecule has 0 bridgehead atoms. The number of carbonyl (C=O) groups excluding carboxylic acids is 1. The Balaban J connectivity index is 1.78. The van der Waals surface area contributed by atoms with Crippen molar-refractivity contribution in [2.24, 2.45) is 0 Å². The van der Waals surface area contributed by atoms with E-state index in [1.807, 2.05) is 51.1 Å². The van der Waals surface area contributed by atoms with Gasteiger partial charge >= 0.3 is 0 Å². The maximum Gasteiger partial charge on any atom is 0.230 e. The minimum Gasteiger partial charge on any atom is -0.376 e. The molecule has 0 radical (unpaired) electrons. The van der Waals surface area contributed by atoms with E-state index >= 15 is 0 Å². The predicted octanol–water partition coefficient (Wildman–Crippen LogP) is 3.13. The van der Waals surface area contributed by atoms with E-state index in [1.165, 1.54) is 11.8 Å². The van der Waals surface area contributed by atoms with Gasteiger partial charge in [0.15, 0.2) is 11.0 Å². The number of hydrogen-bond acceptors (Lipinski definition) is 5. The summed E-state index contributed by atoms with van der Waals surface area (Å²) in [5.41, 5.74) is 0.780. The molecule has 0 aliphatic carbocycles. The minimum atomic E-state index is -0.238. The highest BCUT2D eigenvalue weighted by Crippen LogP contribution is 2.26. The number of nitrogens with zero attached hydrogens (tertiary/aromatic N) is 3. The zero-order valence-corrected chi connectivity index (χ0v) is 16.4. The Kier molecular flexibility index (Phi) is 5.98. The molecule has 1 saturated heterocycles. The van der Waals surface area contributed by atoms with Gasteiger partial charge in [0.2, 0.25) is 5.91 Å². The van der Waals surface area contributed by atoms with E-state index in [4.69, 9.17) is 4.74 Å². The highest BCUT2D eigenvalue weighted by molar-refractivity contribution is 7.99. The zero-order chi connectivity index (χ0) is 18.6. The van der Waals surface area contributed by atoms with Crippen LogP contribution >= 0.6 is 11.8 Å². The predicted molar refractivity (Wildman–Crippen MR) is 103 cm³/mol. The van der Waals surface area contributed by atoms with Crippen LogP contribution in [-0.4, -0.2) is 44.7 Å². The first-order valence-electron chi connectivity index (χ1n) is 8.96. The SMILES string of the molecule is CC(C)(C)NC(=O)CSc1nnc(-c2ccccc2)n1CC1CCCO1. The van der Waals surface area contributed by atoms with Gasteiger partial charge in [0.1, 0.15) is 0 Å². The number of aromatic nitrogens is 3. The van der Waals surface area contributed by atoms with Crippen molar-refractivity contribution < 1.29 is 9.53 Å². The third-order valence-electron chi connectivity index (χ3n) is 4.01. The molecule has 1 unspecified atom stereocenters. The van der Waals surface area contributed by atoms with Gasteiger partial charge in [-0.1, -0.05) is 42.1 Å². The fraction of sp³-hybridized carbons (Fsp3) is 0.526. The lowest BCUT2D eigenvalue weighted by Gasteiger charge is -2.20. The van der Waals surface area contributed by atoms with Crippen LogP contribution in [0.5, 0.6) is 0 Å². The van der Waals surface area contributed by atoms with Crippen molar-refractivity contribution in [3.8, 4) is 11.4 Å². The fourth-order valence-electron chi connectivity index (χ4n) is 2.94. The van der Waals surface area contributed by atoms with Crippen molar-refractivity contribution >= 4 is 17.7 Å². The van der Waals surface area contributed by atoms with Crippen LogP contribution in [0.3, 0.4) is 0 Å². The standard InChI is InChI=1S/C19H26N4O2S/c1-19(2,3)20-16(24)13-26-18-22-21-17(14-8-5-4-6-9-14)23(18)12-15-10-7-11-25-15/h4-6,8-9,15H,7,10-13H2,1-3H3,(H,20,24). The van der Waals surface area contributed by atoms with Crippen molar-refractivity contribution in [2.75, 3.05) is 12.4 Å². The first-order chi connectivity index (χ1) is 12.4. The zero-order valence-electron chi connectivity index (χ0n) is 15.6. The summed E-state index contributed by atoms with van der Waals surface area (Å²) in [5, 5.41) is 12.5. The van der Waals surface area contributed by atoms with E-state index in [0.717, 1.165) is 36.0 Å². The molecule has 1 aliphatic heterocycles. The lowest BCUT2D eigenvalue weighted by molar-refractivity contribution is -0.119. The highest BCUT2D eigenvalue weighted by atomic mass is 32.2. The lowest BCUT2D eigenvalue weighted by atomic mass is 10.1. The molecule has 140 valence electrons. The van der Waals surface area contributed by atoms with Crippen molar-refractivity contribution in [2.45, 2.75) is 57.0 Å². The summed E-state index contributed by atoms with van der Waals surface area (Å²) in [6, 6.07) is 10.0. The second kappa shape index (κ2) is 8.22. The summed E-state index contributed by atoms with van der Waals surface area (Å²) in [4.78, 5) is 12.2. The van der Waals surface area contributed by atoms with Crippen molar-refractivity contribution in [1.29, 1.82) is 0 Å². The van der Waals surface area contributed by atoms with E-state index in [-0.39, 0.29) is 17.6 Å². The minimum absolute atomic E-state index is 0.00423. The molecule has 26 heavy (non-hydrogen) atoms. The van der Waals surface area contributed by atoms with Crippen LogP contribution in [0.4, 0.5) is 0 Å². The Bertz CT molecular complexity index is 734. The van der Waals surface area contributed by atoms with Gasteiger partial charge < -0.3 is 10.1 Å². The molecule has 1 N–H and O–H groups in total. The third kappa shape index (κ3) is 5.08. The first-order valence-corrected chi connectivity index (χ1v) is 9.95. The van der Waals surface area contributed by atoms with Gasteiger partial charge in [0.25, 0.3) is 0 Å². The number of ether oxygens (including phenoxy) is 1. The Morgan fingerprint density at radius 2 is 2.08 bits per heavy atom. The molecule has 3 rings (SSSR count). The average Bonchev–Trinajstić information content (AvgIpc) is 3.23. The van der Waals surface area contributed by atoms with Crippen molar-refractivity contribution in [1.82, 2.24) is 20.1 Å². The molecule has 1 aromatic heterocycles. The maximum absolute atomic E-state index is 12.2. The van der Waals surface area contributed by atoms with Crippen LogP contribution in [0, 0.1) is 0 Å². The molecule has 1 aromatic carbocycles. The third-order valence-corrected chi connectivity index (χ3v) is 4.97. The van der Waals surface area contributed by atoms with Crippen molar-refractivity contribution in [3.63, 3.8) is 0 Å².